The summed E-state index contributed by atoms with van der Waals surface area (Å²) in [6.07, 6.45) is -0.225. The van der Waals surface area contributed by atoms with Crippen LogP contribution in [0, 0.1) is 0 Å². The normalized spacial score (nSPS) is 27.8. The summed E-state index contributed by atoms with van der Waals surface area (Å²) in [4.78, 5) is 13.8. The smallest absolute Gasteiger partial charge is 0.410 e. The predicted molar refractivity (Wildman–Crippen MR) is 64.0 cm³/mol. The molecule has 2 heterocycles. The molecule has 5 heteroatoms. The third-order valence-corrected chi connectivity index (χ3v) is 2.95. The van der Waals surface area contributed by atoms with Crippen molar-refractivity contribution in [1.29, 1.82) is 0 Å². The Hall–Kier alpha value is -0.810. The number of carbonyl (C=O) groups is 1. The summed E-state index contributed by atoms with van der Waals surface area (Å²) in [6, 6.07) is 0.278. The first kappa shape index (κ1) is 12.6. The van der Waals surface area contributed by atoms with E-state index in [0.29, 0.717) is 26.3 Å². The van der Waals surface area contributed by atoms with Gasteiger partial charge < -0.3 is 19.7 Å². The van der Waals surface area contributed by atoms with Crippen LogP contribution in [0.15, 0.2) is 0 Å². The van der Waals surface area contributed by atoms with Crippen LogP contribution in [0.3, 0.4) is 0 Å². The first-order valence-electron chi connectivity index (χ1n) is 6.13. The van der Waals surface area contributed by atoms with Gasteiger partial charge in [0, 0.05) is 19.1 Å². The molecular weight excluding hydrogens is 220 g/mol. The molecule has 0 radical (unpaired) electrons. The van der Waals surface area contributed by atoms with Gasteiger partial charge >= 0.3 is 6.09 Å². The Morgan fingerprint density at radius 2 is 2.12 bits per heavy atom. The molecule has 98 valence electrons. The molecule has 1 amide bonds. The van der Waals surface area contributed by atoms with Gasteiger partial charge in [0.2, 0.25) is 0 Å². The minimum absolute atomic E-state index is 0.0471. The van der Waals surface area contributed by atoms with Crippen LogP contribution in [0.4, 0.5) is 4.79 Å². The molecule has 2 aliphatic heterocycles. The van der Waals surface area contributed by atoms with Gasteiger partial charge in [-0.25, -0.2) is 4.79 Å². The second-order valence-corrected chi connectivity index (χ2v) is 6.18. The van der Waals surface area contributed by atoms with Crippen molar-refractivity contribution in [2.45, 2.75) is 44.9 Å². The first-order valence-corrected chi connectivity index (χ1v) is 6.13. The van der Waals surface area contributed by atoms with E-state index < -0.39 is 5.60 Å². The second kappa shape index (κ2) is 4.14. The summed E-state index contributed by atoms with van der Waals surface area (Å²) in [5.74, 6) is 0. The largest absolute Gasteiger partial charge is 0.444 e. The lowest BCUT2D eigenvalue weighted by Crippen LogP contribution is -2.73. The van der Waals surface area contributed by atoms with Crippen LogP contribution in [0.1, 0.15) is 27.7 Å². The number of amides is 1. The molecule has 0 saturated carbocycles. The van der Waals surface area contributed by atoms with Gasteiger partial charge in [-0.3, -0.25) is 0 Å². The molecule has 2 saturated heterocycles. The van der Waals surface area contributed by atoms with Crippen LogP contribution in [-0.2, 0) is 9.47 Å². The van der Waals surface area contributed by atoms with Crippen molar-refractivity contribution in [2.24, 2.45) is 0 Å². The minimum atomic E-state index is -0.436. The van der Waals surface area contributed by atoms with Crippen LogP contribution < -0.4 is 5.32 Å². The van der Waals surface area contributed by atoms with Gasteiger partial charge in [0.25, 0.3) is 0 Å². The van der Waals surface area contributed by atoms with E-state index in [1.165, 1.54) is 0 Å². The standard InChI is InChI=1S/C12H22N2O3/c1-9-5-14(10(15)17-11(2,3)4)6-12(13-9)7-16-8-12/h9,13H,5-8H2,1-4H3. The number of piperazine rings is 1. The third-order valence-electron chi connectivity index (χ3n) is 2.95. The Morgan fingerprint density at radius 1 is 1.47 bits per heavy atom. The number of hydrogen-bond acceptors (Lipinski definition) is 4. The zero-order chi connectivity index (χ0) is 12.7. The Morgan fingerprint density at radius 3 is 2.59 bits per heavy atom. The molecule has 1 N–H and O–H groups in total. The maximum absolute atomic E-state index is 12.0. The molecule has 1 unspecified atom stereocenters. The highest BCUT2D eigenvalue weighted by atomic mass is 16.6. The fraction of sp³-hybridized carbons (Fsp3) is 0.917. The maximum atomic E-state index is 12.0. The molecule has 0 bridgehead atoms. The summed E-state index contributed by atoms with van der Waals surface area (Å²) in [5, 5.41) is 3.50. The van der Waals surface area contributed by atoms with Crippen molar-refractivity contribution >= 4 is 6.09 Å². The van der Waals surface area contributed by atoms with E-state index in [0.717, 1.165) is 0 Å². The molecule has 17 heavy (non-hydrogen) atoms. The molecular formula is C12H22N2O3. The lowest BCUT2D eigenvalue weighted by atomic mass is 9.92. The van der Waals surface area contributed by atoms with Crippen molar-refractivity contribution in [1.82, 2.24) is 10.2 Å². The molecule has 1 atom stereocenters. The molecule has 2 rings (SSSR count). The molecule has 0 aliphatic carbocycles. The average Bonchev–Trinajstić information content (AvgIpc) is 2.11. The number of carbonyl (C=O) groups excluding carboxylic acids is 1. The summed E-state index contributed by atoms with van der Waals surface area (Å²) >= 11 is 0. The van der Waals surface area contributed by atoms with E-state index in [1.54, 1.807) is 4.90 Å². The van der Waals surface area contributed by atoms with E-state index in [2.05, 4.69) is 12.2 Å². The third kappa shape index (κ3) is 2.90. The van der Waals surface area contributed by atoms with E-state index in [-0.39, 0.29) is 17.7 Å². The molecule has 0 aromatic rings. The van der Waals surface area contributed by atoms with E-state index >= 15 is 0 Å². The van der Waals surface area contributed by atoms with Crippen molar-refractivity contribution in [3.63, 3.8) is 0 Å². The second-order valence-electron chi connectivity index (χ2n) is 6.18. The number of ether oxygens (including phenoxy) is 2. The van der Waals surface area contributed by atoms with Crippen molar-refractivity contribution in [3.05, 3.63) is 0 Å². The van der Waals surface area contributed by atoms with Crippen LogP contribution in [0.5, 0.6) is 0 Å². The van der Waals surface area contributed by atoms with Gasteiger partial charge in [-0.05, 0) is 27.7 Å². The van der Waals surface area contributed by atoms with Gasteiger partial charge in [0.05, 0.1) is 18.8 Å². The lowest BCUT2D eigenvalue weighted by molar-refractivity contribution is -0.108. The maximum Gasteiger partial charge on any atom is 0.410 e. The van der Waals surface area contributed by atoms with E-state index in [4.69, 9.17) is 9.47 Å². The fourth-order valence-corrected chi connectivity index (χ4v) is 2.36. The monoisotopic (exact) mass is 242 g/mol. The lowest BCUT2D eigenvalue weighted by Gasteiger charge is -2.50. The van der Waals surface area contributed by atoms with Gasteiger partial charge in [-0.15, -0.1) is 0 Å². The van der Waals surface area contributed by atoms with Gasteiger partial charge in [0.1, 0.15) is 5.60 Å². The molecule has 0 aromatic carbocycles. The average molecular weight is 242 g/mol. The minimum Gasteiger partial charge on any atom is -0.444 e. The van der Waals surface area contributed by atoms with Crippen LogP contribution in [0.25, 0.3) is 0 Å². The first-order chi connectivity index (χ1) is 7.80. The highest BCUT2D eigenvalue weighted by Crippen LogP contribution is 2.24. The van der Waals surface area contributed by atoms with Gasteiger partial charge in [-0.1, -0.05) is 0 Å². The highest BCUT2D eigenvalue weighted by molar-refractivity contribution is 5.68. The molecule has 0 aromatic heterocycles. The van der Waals surface area contributed by atoms with Crippen LogP contribution in [-0.4, -0.2) is 54.5 Å². The topological polar surface area (TPSA) is 50.8 Å². The van der Waals surface area contributed by atoms with Gasteiger partial charge in [-0.2, -0.15) is 0 Å². The summed E-state index contributed by atoms with van der Waals surface area (Å²) < 4.78 is 10.7. The number of rotatable bonds is 0. The Bertz CT molecular complexity index is 307. The Labute approximate surface area is 102 Å². The number of nitrogens with one attached hydrogen (secondary N) is 1. The zero-order valence-corrected chi connectivity index (χ0v) is 11.1. The summed E-state index contributed by atoms with van der Waals surface area (Å²) in [5.41, 5.74) is -0.483. The zero-order valence-electron chi connectivity index (χ0n) is 11.1. The van der Waals surface area contributed by atoms with Crippen molar-refractivity contribution in [2.75, 3.05) is 26.3 Å². The number of hydrogen-bond donors (Lipinski definition) is 1. The summed E-state index contributed by atoms with van der Waals surface area (Å²) in [7, 11) is 0. The van der Waals surface area contributed by atoms with E-state index in [1.807, 2.05) is 20.8 Å². The fourth-order valence-electron chi connectivity index (χ4n) is 2.36. The Balaban J connectivity index is 1.98. The summed E-state index contributed by atoms with van der Waals surface area (Å²) in [6.45, 7) is 10.5. The highest BCUT2D eigenvalue weighted by Gasteiger charge is 2.46. The van der Waals surface area contributed by atoms with Gasteiger partial charge in [0.15, 0.2) is 0 Å². The SMILES string of the molecule is CC1CN(C(=O)OC(C)(C)C)CC2(COC2)N1. The quantitative estimate of drug-likeness (QED) is 0.688. The Kier molecular flexibility index (Phi) is 3.08. The van der Waals surface area contributed by atoms with Crippen LogP contribution in [0.2, 0.25) is 0 Å². The molecule has 2 aliphatic rings. The molecule has 2 fully saturated rings. The van der Waals surface area contributed by atoms with Crippen LogP contribution >= 0.6 is 0 Å². The van der Waals surface area contributed by atoms with Crippen molar-refractivity contribution in [3.8, 4) is 0 Å². The van der Waals surface area contributed by atoms with Crippen molar-refractivity contribution < 1.29 is 14.3 Å². The predicted octanol–water partition coefficient (Wildman–Crippen LogP) is 0.984. The van der Waals surface area contributed by atoms with E-state index in [9.17, 15) is 4.79 Å². The molecule has 1 spiro atoms. The molecule has 5 nitrogen and oxygen atoms in total. The number of nitrogens with zero attached hydrogens (tertiary/aromatic N) is 1.